The van der Waals surface area contributed by atoms with E-state index in [0.29, 0.717) is 0 Å². The van der Waals surface area contributed by atoms with Crippen LogP contribution >= 0.6 is 11.9 Å². The maximum Gasteiger partial charge on any atom is 0.328 e. The Morgan fingerprint density at radius 2 is 2.22 bits per heavy atom. The highest BCUT2D eigenvalue weighted by Crippen LogP contribution is 2.03. The van der Waals surface area contributed by atoms with Gasteiger partial charge < -0.3 is 5.11 Å². The fraction of sp³-hybridized carbons (Fsp3) is 0.400. The third-order valence-electron chi connectivity index (χ3n) is 0.482. The van der Waals surface area contributed by atoms with Crippen molar-refractivity contribution in [3.8, 4) is 0 Å². The summed E-state index contributed by atoms with van der Waals surface area (Å²) < 4.78 is 1.80. The average Bonchev–Trinajstić information content (AvgIpc) is 1.63. The van der Waals surface area contributed by atoms with E-state index < -0.39 is 5.97 Å². The third kappa shape index (κ3) is 7.52. The van der Waals surface area contributed by atoms with Gasteiger partial charge in [0.1, 0.15) is 0 Å². The monoisotopic (exact) mass is 147 g/mol. The summed E-state index contributed by atoms with van der Waals surface area (Å²) in [5.74, 6) is -0.913. The Bertz CT molecular complexity index is 122. The van der Waals surface area contributed by atoms with Crippen molar-refractivity contribution in [3.63, 3.8) is 0 Å². The molecule has 0 rings (SSSR count). The second-order valence-corrected chi connectivity index (χ2v) is 2.77. The molecule has 9 heavy (non-hydrogen) atoms. The quantitative estimate of drug-likeness (QED) is 0.473. The van der Waals surface area contributed by atoms with Gasteiger partial charge in [-0.3, -0.25) is 4.31 Å². The molecule has 0 aromatic carbocycles. The highest BCUT2D eigenvalue weighted by Gasteiger charge is 1.85. The van der Waals surface area contributed by atoms with Crippen LogP contribution in [0.25, 0.3) is 0 Å². The van der Waals surface area contributed by atoms with Gasteiger partial charge in [-0.05, 0) is 19.5 Å². The molecule has 0 aliphatic carbocycles. The lowest BCUT2D eigenvalue weighted by molar-refractivity contribution is -0.131. The van der Waals surface area contributed by atoms with Crippen LogP contribution in [0.5, 0.6) is 0 Å². The standard InChI is InChI=1S/C5H9NO2S/c1-6(2)9-4-3-5(7)8/h3-4H,1-2H3,(H,7,8)/b4-3+. The zero-order valence-electron chi connectivity index (χ0n) is 5.37. The van der Waals surface area contributed by atoms with E-state index in [1.54, 1.807) is 4.31 Å². The molecule has 4 heteroatoms. The molecule has 0 saturated heterocycles. The SMILES string of the molecule is CN(C)S/C=C/C(=O)O. The lowest BCUT2D eigenvalue weighted by Crippen LogP contribution is -1.96. The summed E-state index contributed by atoms with van der Waals surface area (Å²) in [7, 11) is 3.69. The summed E-state index contributed by atoms with van der Waals surface area (Å²) in [4.78, 5) is 9.86. The topological polar surface area (TPSA) is 40.5 Å². The van der Waals surface area contributed by atoms with E-state index in [0.717, 1.165) is 6.08 Å². The van der Waals surface area contributed by atoms with E-state index in [1.807, 2.05) is 14.1 Å². The minimum atomic E-state index is -0.913. The van der Waals surface area contributed by atoms with Crippen molar-refractivity contribution >= 4 is 17.9 Å². The molecule has 0 amide bonds. The summed E-state index contributed by atoms with van der Waals surface area (Å²) in [6.45, 7) is 0. The van der Waals surface area contributed by atoms with E-state index in [-0.39, 0.29) is 0 Å². The van der Waals surface area contributed by atoms with E-state index in [1.165, 1.54) is 17.4 Å². The number of carboxylic acid groups (broad SMARTS) is 1. The van der Waals surface area contributed by atoms with Crippen LogP contribution in [0.2, 0.25) is 0 Å². The van der Waals surface area contributed by atoms with Crippen molar-refractivity contribution in [2.45, 2.75) is 0 Å². The van der Waals surface area contributed by atoms with Gasteiger partial charge in [-0.1, -0.05) is 11.9 Å². The first-order valence-electron chi connectivity index (χ1n) is 2.36. The molecule has 0 heterocycles. The third-order valence-corrected chi connectivity index (χ3v) is 1.16. The van der Waals surface area contributed by atoms with Gasteiger partial charge in [0.2, 0.25) is 0 Å². The zero-order chi connectivity index (χ0) is 7.28. The van der Waals surface area contributed by atoms with Crippen LogP contribution in [0.15, 0.2) is 11.5 Å². The van der Waals surface area contributed by atoms with E-state index in [2.05, 4.69) is 0 Å². The van der Waals surface area contributed by atoms with Crippen molar-refractivity contribution in [1.82, 2.24) is 4.31 Å². The average molecular weight is 147 g/mol. The Labute approximate surface area is 58.5 Å². The fourth-order valence-corrected chi connectivity index (χ4v) is 0.631. The largest absolute Gasteiger partial charge is 0.478 e. The van der Waals surface area contributed by atoms with Crippen molar-refractivity contribution in [1.29, 1.82) is 0 Å². The Hall–Kier alpha value is -0.480. The Balaban J connectivity index is 3.36. The van der Waals surface area contributed by atoms with Gasteiger partial charge in [-0.2, -0.15) is 0 Å². The molecule has 0 bridgehead atoms. The van der Waals surface area contributed by atoms with Crippen molar-refractivity contribution < 1.29 is 9.90 Å². The first-order chi connectivity index (χ1) is 4.13. The maximum atomic E-state index is 9.86. The molecule has 0 aromatic heterocycles. The van der Waals surface area contributed by atoms with Gasteiger partial charge in [0.15, 0.2) is 0 Å². The Kier molecular flexibility index (Phi) is 4.17. The molecule has 3 nitrogen and oxygen atoms in total. The Morgan fingerprint density at radius 1 is 1.67 bits per heavy atom. The molecule has 52 valence electrons. The van der Waals surface area contributed by atoms with Crippen LogP contribution in [0.1, 0.15) is 0 Å². The lowest BCUT2D eigenvalue weighted by Gasteiger charge is -2.00. The van der Waals surface area contributed by atoms with Crippen LogP contribution in [0.3, 0.4) is 0 Å². The van der Waals surface area contributed by atoms with E-state index in [9.17, 15) is 4.79 Å². The fourth-order valence-electron chi connectivity index (χ4n) is 0.210. The van der Waals surface area contributed by atoms with Gasteiger partial charge >= 0.3 is 5.97 Å². The highest BCUT2D eigenvalue weighted by molar-refractivity contribution is 7.99. The number of aliphatic carboxylic acids is 1. The molecule has 0 aliphatic rings. The minimum absolute atomic E-state index is 0.913. The van der Waals surface area contributed by atoms with Gasteiger partial charge in [0.25, 0.3) is 0 Å². The van der Waals surface area contributed by atoms with E-state index >= 15 is 0 Å². The van der Waals surface area contributed by atoms with Crippen molar-refractivity contribution in [3.05, 3.63) is 11.5 Å². The van der Waals surface area contributed by atoms with Crippen LogP contribution in [-0.4, -0.2) is 29.5 Å². The minimum Gasteiger partial charge on any atom is -0.478 e. The first-order valence-corrected chi connectivity index (χ1v) is 3.20. The molecule has 1 N–H and O–H groups in total. The summed E-state index contributed by atoms with van der Waals surface area (Å²) in [6.07, 6.45) is 1.10. The van der Waals surface area contributed by atoms with Crippen LogP contribution < -0.4 is 0 Å². The van der Waals surface area contributed by atoms with Gasteiger partial charge in [-0.15, -0.1) is 0 Å². The van der Waals surface area contributed by atoms with Gasteiger partial charge in [0, 0.05) is 6.08 Å². The van der Waals surface area contributed by atoms with Crippen LogP contribution in [0, 0.1) is 0 Å². The molecule has 0 saturated carbocycles. The summed E-state index contributed by atoms with van der Waals surface area (Å²) in [5, 5.41) is 9.62. The van der Waals surface area contributed by atoms with Gasteiger partial charge in [-0.25, -0.2) is 4.79 Å². The molecule has 0 fully saturated rings. The normalized spacial score (nSPS) is 11.0. The van der Waals surface area contributed by atoms with Crippen molar-refractivity contribution in [2.24, 2.45) is 0 Å². The predicted octanol–water partition coefficient (Wildman–Crippen LogP) is 0.794. The summed E-state index contributed by atoms with van der Waals surface area (Å²) >= 11 is 1.33. The number of nitrogens with zero attached hydrogens (tertiary/aromatic N) is 1. The second kappa shape index (κ2) is 4.40. The number of rotatable bonds is 3. The second-order valence-electron chi connectivity index (χ2n) is 1.56. The smallest absolute Gasteiger partial charge is 0.328 e. The summed E-state index contributed by atoms with van der Waals surface area (Å²) in [6, 6.07) is 0. The molecular formula is C5H9NO2S. The number of carboxylic acids is 1. The molecule has 0 aliphatic heterocycles. The number of hydrogen-bond donors (Lipinski definition) is 1. The number of hydrogen-bond acceptors (Lipinski definition) is 3. The highest BCUT2D eigenvalue weighted by atomic mass is 32.2. The van der Waals surface area contributed by atoms with E-state index in [4.69, 9.17) is 5.11 Å². The lowest BCUT2D eigenvalue weighted by atomic mass is 10.7. The molecule has 0 radical (unpaired) electrons. The molecule has 0 aromatic rings. The maximum absolute atomic E-state index is 9.86. The Morgan fingerprint density at radius 3 is 2.56 bits per heavy atom. The first kappa shape index (κ1) is 8.52. The predicted molar refractivity (Wildman–Crippen MR) is 38.1 cm³/mol. The molecule has 0 atom stereocenters. The zero-order valence-corrected chi connectivity index (χ0v) is 6.18. The molecule has 0 unspecified atom stereocenters. The van der Waals surface area contributed by atoms with Crippen molar-refractivity contribution in [2.75, 3.05) is 14.1 Å². The number of carbonyl (C=O) groups is 1. The summed E-state index contributed by atoms with van der Waals surface area (Å²) in [5.41, 5.74) is 0. The van der Waals surface area contributed by atoms with Crippen LogP contribution in [-0.2, 0) is 4.79 Å². The molecule has 0 spiro atoms. The van der Waals surface area contributed by atoms with Crippen LogP contribution in [0.4, 0.5) is 0 Å². The van der Waals surface area contributed by atoms with Gasteiger partial charge in [0.05, 0.1) is 0 Å². The molecular weight excluding hydrogens is 138 g/mol.